The highest BCUT2D eigenvalue weighted by molar-refractivity contribution is 6.08. The predicted octanol–water partition coefficient (Wildman–Crippen LogP) is 2.49. The Hall–Kier alpha value is -2.89. The van der Waals surface area contributed by atoms with E-state index in [4.69, 9.17) is 4.74 Å². The van der Waals surface area contributed by atoms with E-state index in [1.807, 2.05) is 0 Å². The van der Waals surface area contributed by atoms with Crippen molar-refractivity contribution < 1.29 is 28.6 Å². The molecule has 0 bridgehead atoms. The average Bonchev–Trinajstić information content (AvgIpc) is 2.63. The summed E-state index contributed by atoms with van der Waals surface area (Å²) in [6.07, 6.45) is 1.51. The molecular formula is C18H20O6. The zero-order valence-electron chi connectivity index (χ0n) is 14.0. The second kappa shape index (κ2) is 9.29. The molecule has 0 heterocycles. The molecule has 0 saturated carbocycles. The summed E-state index contributed by atoms with van der Waals surface area (Å²) in [6.45, 7) is 3.59. The third-order valence-corrected chi connectivity index (χ3v) is 3.28. The first-order valence-electron chi connectivity index (χ1n) is 7.16. The summed E-state index contributed by atoms with van der Waals surface area (Å²) >= 11 is 0. The van der Waals surface area contributed by atoms with Gasteiger partial charge in [-0.25, -0.2) is 9.59 Å². The molecule has 0 saturated heterocycles. The summed E-state index contributed by atoms with van der Waals surface area (Å²) in [4.78, 5) is 35.5. The molecule has 0 radical (unpaired) electrons. The van der Waals surface area contributed by atoms with Gasteiger partial charge >= 0.3 is 11.9 Å². The number of hydrogen-bond donors (Lipinski definition) is 0. The topological polar surface area (TPSA) is 78.9 Å². The van der Waals surface area contributed by atoms with Crippen LogP contribution in [-0.4, -0.2) is 39.1 Å². The molecule has 0 amide bonds. The van der Waals surface area contributed by atoms with Gasteiger partial charge in [0.15, 0.2) is 5.78 Å². The van der Waals surface area contributed by atoms with Crippen LogP contribution in [0.15, 0.2) is 48.1 Å². The van der Waals surface area contributed by atoms with Crippen LogP contribution in [0.4, 0.5) is 0 Å². The zero-order valence-corrected chi connectivity index (χ0v) is 14.0. The summed E-state index contributed by atoms with van der Waals surface area (Å²) in [5.74, 6) is -1.02. The van der Waals surface area contributed by atoms with Gasteiger partial charge in [0.05, 0.1) is 21.3 Å². The van der Waals surface area contributed by atoms with Gasteiger partial charge in [-0.3, -0.25) is 4.79 Å². The number of methoxy groups -OCH3 is 3. The Morgan fingerprint density at radius 2 is 1.71 bits per heavy atom. The number of allylic oxidation sites excluding steroid dienone is 1. The number of esters is 2. The van der Waals surface area contributed by atoms with Gasteiger partial charge in [0.25, 0.3) is 0 Å². The fourth-order valence-corrected chi connectivity index (χ4v) is 1.91. The molecule has 0 aromatic heterocycles. The van der Waals surface area contributed by atoms with Gasteiger partial charge in [0.2, 0.25) is 0 Å². The van der Waals surface area contributed by atoms with Crippen molar-refractivity contribution in [1.29, 1.82) is 0 Å². The monoisotopic (exact) mass is 332 g/mol. The van der Waals surface area contributed by atoms with Crippen LogP contribution in [0, 0.1) is 0 Å². The Bertz CT molecular complexity index is 672. The Morgan fingerprint density at radius 3 is 2.29 bits per heavy atom. The van der Waals surface area contributed by atoms with E-state index in [9.17, 15) is 14.4 Å². The average molecular weight is 332 g/mol. The van der Waals surface area contributed by atoms with Gasteiger partial charge in [-0.1, -0.05) is 18.7 Å². The number of carbonyl (C=O) groups excluding carboxylic acids is 3. The quantitative estimate of drug-likeness (QED) is 0.413. The van der Waals surface area contributed by atoms with Crippen molar-refractivity contribution in [3.8, 4) is 5.75 Å². The molecule has 0 spiro atoms. The smallest absolute Gasteiger partial charge is 0.333 e. The minimum atomic E-state index is -0.635. The van der Waals surface area contributed by atoms with Crippen molar-refractivity contribution in [3.63, 3.8) is 0 Å². The van der Waals surface area contributed by atoms with Crippen molar-refractivity contribution in [2.24, 2.45) is 0 Å². The molecule has 0 aliphatic heterocycles. The molecule has 0 unspecified atom stereocenters. The number of ether oxygens (including phenoxy) is 3. The van der Waals surface area contributed by atoms with E-state index in [0.29, 0.717) is 11.3 Å². The van der Waals surface area contributed by atoms with Crippen LogP contribution in [0.1, 0.15) is 23.2 Å². The highest BCUT2D eigenvalue weighted by Gasteiger charge is 2.16. The molecule has 0 fully saturated rings. The van der Waals surface area contributed by atoms with E-state index in [2.05, 4.69) is 16.1 Å². The molecule has 6 heteroatoms. The van der Waals surface area contributed by atoms with Crippen LogP contribution in [0.2, 0.25) is 0 Å². The minimum absolute atomic E-state index is 0.135. The van der Waals surface area contributed by atoms with E-state index in [-0.39, 0.29) is 29.8 Å². The van der Waals surface area contributed by atoms with Crippen LogP contribution in [-0.2, 0) is 19.1 Å². The maximum Gasteiger partial charge on any atom is 0.333 e. The van der Waals surface area contributed by atoms with Gasteiger partial charge in [0, 0.05) is 16.7 Å². The SMILES string of the molecule is C=C(CC/C(=C\C(=O)c1cccc(OC)c1)C(=O)OC)C(=O)OC. The number of carbonyl (C=O) groups is 3. The lowest BCUT2D eigenvalue weighted by Crippen LogP contribution is -2.10. The number of rotatable bonds is 8. The molecule has 24 heavy (non-hydrogen) atoms. The maximum atomic E-state index is 12.3. The van der Waals surface area contributed by atoms with Crippen LogP contribution in [0.3, 0.4) is 0 Å². The molecule has 6 nitrogen and oxygen atoms in total. The lowest BCUT2D eigenvalue weighted by Gasteiger charge is -2.07. The summed E-state index contributed by atoms with van der Waals surface area (Å²) < 4.78 is 14.3. The molecule has 1 rings (SSSR count). The van der Waals surface area contributed by atoms with E-state index >= 15 is 0 Å². The second-order valence-electron chi connectivity index (χ2n) is 4.85. The first kappa shape index (κ1) is 19.2. The first-order chi connectivity index (χ1) is 11.4. The van der Waals surface area contributed by atoms with Crippen LogP contribution < -0.4 is 4.74 Å². The van der Waals surface area contributed by atoms with Crippen molar-refractivity contribution >= 4 is 17.7 Å². The fraction of sp³-hybridized carbons (Fsp3) is 0.278. The van der Waals surface area contributed by atoms with Gasteiger partial charge in [0.1, 0.15) is 5.75 Å². The Labute approximate surface area is 140 Å². The Balaban J connectivity index is 2.95. The molecule has 0 aliphatic carbocycles. The summed E-state index contributed by atoms with van der Waals surface area (Å²) in [7, 11) is 3.97. The molecule has 0 aliphatic rings. The summed E-state index contributed by atoms with van der Waals surface area (Å²) in [5, 5.41) is 0. The van der Waals surface area contributed by atoms with Crippen LogP contribution >= 0.6 is 0 Å². The molecule has 0 N–H and O–H groups in total. The summed E-state index contributed by atoms with van der Waals surface area (Å²) in [6, 6.07) is 6.57. The first-order valence-corrected chi connectivity index (χ1v) is 7.16. The van der Waals surface area contributed by atoms with Crippen molar-refractivity contribution in [3.05, 3.63) is 53.6 Å². The third kappa shape index (κ3) is 5.39. The van der Waals surface area contributed by atoms with E-state index in [1.54, 1.807) is 24.3 Å². The fourth-order valence-electron chi connectivity index (χ4n) is 1.91. The van der Waals surface area contributed by atoms with Gasteiger partial charge in [-0.2, -0.15) is 0 Å². The molecule has 128 valence electrons. The molecule has 0 atom stereocenters. The number of benzene rings is 1. The Morgan fingerprint density at radius 1 is 1.04 bits per heavy atom. The van der Waals surface area contributed by atoms with Crippen LogP contribution in [0.25, 0.3) is 0 Å². The summed E-state index contributed by atoms with van der Waals surface area (Å²) in [5.41, 5.74) is 0.735. The van der Waals surface area contributed by atoms with Crippen molar-refractivity contribution in [1.82, 2.24) is 0 Å². The van der Waals surface area contributed by atoms with Crippen molar-refractivity contribution in [2.75, 3.05) is 21.3 Å². The van der Waals surface area contributed by atoms with E-state index in [0.717, 1.165) is 0 Å². The lowest BCUT2D eigenvalue weighted by molar-refractivity contribution is -0.137. The van der Waals surface area contributed by atoms with Gasteiger partial charge in [-0.15, -0.1) is 0 Å². The van der Waals surface area contributed by atoms with E-state index < -0.39 is 11.9 Å². The molecular weight excluding hydrogens is 312 g/mol. The van der Waals surface area contributed by atoms with Crippen LogP contribution in [0.5, 0.6) is 5.75 Å². The number of hydrogen-bond acceptors (Lipinski definition) is 6. The largest absolute Gasteiger partial charge is 0.497 e. The lowest BCUT2D eigenvalue weighted by atomic mass is 10.0. The maximum absolute atomic E-state index is 12.3. The second-order valence-corrected chi connectivity index (χ2v) is 4.85. The van der Waals surface area contributed by atoms with Gasteiger partial charge < -0.3 is 14.2 Å². The zero-order chi connectivity index (χ0) is 18.1. The highest BCUT2D eigenvalue weighted by atomic mass is 16.5. The van der Waals surface area contributed by atoms with Crippen molar-refractivity contribution in [2.45, 2.75) is 12.8 Å². The predicted molar refractivity (Wildman–Crippen MR) is 87.8 cm³/mol. The van der Waals surface area contributed by atoms with E-state index in [1.165, 1.54) is 27.4 Å². The minimum Gasteiger partial charge on any atom is -0.497 e. The molecule has 1 aromatic carbocycles. The highest BCUT2D eigenvalue weighted by Crippen LogP contribution is 2.17. The third-order valence-electron chi connectivity index (χ3n) is 3.28. The standard InChI is InChI=1S/C18H20O6/c1-12(17(20)23-3)8-9-14(18(21)24-4)11-16(19)13-6-5-7-15(10-13)22-2/h5-7,10-11H,1,8-9H2,2-4H3/b14-11+. The normalized spacial score (nSPS) is 10.7. The number of ketones is 1. The Kier molecular flexibility index (Phi) is 7.42. The van der Waals surface area contributed by atoms with Gasteiger partial charge in [-0.05, 0) is 31.1 Å². The molecule has 1 aromatic rings.